The van der Waals surface area contributed by atoms with Gasteiger partial charge in [-0.1, -0.05) is 127 Å². The molecule has 8 rings (SSSR count). The highest BCUT2D eigenvalue weighted by Gasteiger charge is 2.18. The summed E-state index contributed by atoms with van der Waals surface area (Å²) in [6, 6.07) is 62.2. The van der Waals surface area contributed by atoms with Gasteiger partial charge >= 0.3 is 0 Å². The Bertz CT molecular complexity index is 2190. The molecule has 8 aromatic rings. The van der Waals surface area contributed by atoms with Gasteiger partial charge in [-0.2, -0.15) is 0 Å². The first kappa shape index (κ1) is 25.8. The van der Waals surface area contributed by atoms with E-state index >= 15 is 0 Å². The van der Waals surface area contributed by atoms with Gasteiger partial charge in [0.2, 0.25) is 0 Å². The van der Waals surface area contributed by atoms with Crippen LogP contribution in [-0.2, 0) is 0 Å². The fourth-order valence-corrected chi connectivity index (χ4v) is 6.05. The Morgan fingerprint density at radius 3 is 1.89 bits per heavy atom. The van der Waals surface area contributed by atoms with Crippen molar-refractivity contribution in [3.05, 3.63) is 176 Å². The number of hydrogen-bond donors (Lipinski definition) is 0. The molecule has 0 radical (unpaired) electrons. The maximum absolute atomic E-state index is 6.27. The second kappa shape index (κ2) is 11.1. The normalized spacial score (nSPS) is 11.2. The summed E-state index contributed by atoms with van der Waals surface area (Å²) in [5.74, 6) is 0.857. The molecule has 0 fully saturated rings. The van der Waals surface area contributed by atoms with Crippen LogP contribution in [0.15, 0.2) is 180 Å². The molecule has 44 heavy (non-hydrogen) atoms. The van der Waals surface area contributed by atoms with Gasteiger partial charge in [-0.15, -0.1) is 0 Å². The first-order valence-electron chi connectivity index (χ1n) is 14.9. The van der Waals surface area contributed by atoms with Crippen molar-refractivity contribution in [2.45, 2.75) is 0 Å². The molecule has 0 spiro atoms. The van der Waals surface area contributed by atoms with Crippen molar-refractivity contribution in [1.82, 2.24) is 0 Å². The van der Waals surface area contributed by atoms with E-state index in [4.69, 9.17) is 4.42 Å². The predicted octanol–water partition coefficient (Wildman–Crippen LogP) is 12.1. The molecule has 2 nitrogen and oxygen atoms in total. The molecule has 0 atom stereocenters. The Morgan fingerprint density at radius 2 is 1.05 bits per heavy atom. The molecular formula is C42H29NO. The number of anilines is 3. The molecule has 0 unspecified atom stereocenters. The highest BCUT2D eigenvalue weighted by molar-refractivity contribution is 5.91. The van der Waals surface area contributed by atoms with E-state index < -0.39 is 0 Å². The molecule has 0 saturated carbocycles. The average molecular weight is 564 g/mol. The number of nitrogens with zero attached hydrogens (tertiary/aromatic N) is 1. The third-order valence-corrected chi connectivity index (χ3v) is 8.25. The lowest BCUT2D eigenvalue weighted by molar-refractivity contribution is 0.631. The van der Waals surface area contributed by atoms with Crippen molar-refractivity contribution < 1.29 is 4.42 Å². The molecule has 0 aliphatic rings. The van der Waals surface area contributed by atoms with Crippen molar-refractivity contribution in [3.63, 3.8) is 0 Å². The number of hydrogen-bond acceptors (Lipinski definition) is 2. The number of fused-ring (bicyclic) bond motifs is 2. The number of para-hydroxylation sites is 2. The fourth-order valence-electron chi connectivity index (χ4n) is 6.05. The van der Waals surface area contributed by atoms with Gasteiger partial charge in [-0.3, -0.25) is 0 Å². The van der Waals surface area contributed by atoms with Gasteiger partial charge in [-0.05, 0) is 76.0 Å². The van der Waals surface area contributed by atoms with Crippen LogP contribution in [0.4, 0.5) is 17.1 Å². The van der Waals surface area contributed by atoms with Crippen LogP contribution < -0.4 is 4.90 Å². The largest absolute Gasteiger partial charge is 0.456 e. The van der Waals surface area contributed by atoms with Gasteiger partial charge in [-0.25, -0.2) is 0 Å². The number of furan rings is 1. The van der Waals surface area contributed by atoms with Crippen LogP contribution in [0.1, 0.15) is 0 Å². The lowest BCUT2D eigenvalue weighted by atomic mass is 9.99. The SMILES string of the molecule is c1ccc(-c2ccccc2N(c2ccc(-c3ccc4ccccc4c3)cc2)c2cccc(-c3cc4ccccc4o3)c2)cc1. The molecule has 1 aromatic heterocycles. The first-order chi connectivity index (χ1) is 21.8. The second-order valence-corrected chi connectivity index (χ2v) is 11.0. The summed E-state index contributed by atoms with van der Waals surface area (Å²) in [7, 11) is 0. The molecule has 7 aromatic carbocycles. The van der Waals surface area contributed by atoms with Gasteiger partial charge in [0.25, 0.3) is 0 Å². The van der Waals surface area contributed by atoms with E-state index in [1.54, 1.807) is 0 Å². The zero-order valence-electron chi connectivity index (χ0n) is 24.1. The van der Waals surface area contributed by atoms with Crippen molar-refractivity contribution in [2.24, 2.45) is 0 Å². The van der Waals surface area contributed by atoms with E-state index in [2.05, 4.69) is 163 Å². The number of rotatable bonds is 6. The lowest BCUT2D eigenvalue weighted by Crippen LogP contribution is -2.11. The Kier molecular flexibility index (Phi) is 6.51. The van der Waals surface area contributed by atoms with Crippen LogP contribution in [0, 0.1) is 0 Å². The molecule has 0 aliphatic carbocycles. The van der Waals surface area contributed by atoms with Gasteiger partial charge in [0, 0.05) is 27.9 Å². The van der Waals surface area contributed by atoms with Crippen molar-refractivity contribution in [2.75, 3.05) is 4.90 Å². The molecule has 0 amide bonds. The molecule has 0 N–H and O–H groups in total. The van der Waals surface area contributed by atoms with Crippen LogP contribution in [0.5, 0.6) is 0 Å². The summed E-state index contributed by atoms with van der Waals surface area (Å²) in [4.78, 5) is 2.35. The topological polar surface area (TPSA) is 16.4 Å². The fraction of sp³-hybridized carbons (Fsp3) is 0. The average Bonchev–Trinajstić information content (AvgIpc) is 3.54. The molecule has 208 valence electrons. The molecular weight excluding hydrogens is 534 g/mol. The number of benzene rings is 7. The van der Waals surface area contributed by atoms with E-state index in [1.165, 1.54) is 33.0 Å². The monoisotopic (exact) mass is 563 g/mol. The van der Waals surface area contributed by atoms with Crippen LogP contribution in [-0.4, -0.2) is 0 Å². The summed E-state index contributed by atoms with van der Waals surface area (Å²) >= 11 is 0. The predicted molar refractivity (Wildman–Crippen MR) is 185 cm³/mol. The van der Waals surface area contributed by atoms with Crippen LogP contribution in [0.2, 0.25) is 0 Å². The zero-order valence-corrected chi connectivity index (χ0v) is 24.1. The maximum atomic E-state index is 6.27. The molecule has 2 heteroatoms. The van der Waals surface area contributed by atoms with Gasteiger partial charge in [0.15, 0.2) is 0 Å². The minimum atomic E-state index is 0.857. The van der Waals surface area contributed by atoms with Crippen molar-refractivity contribution in [1.29, 1.82) is 0 Å². The first-order valence-corrected chi connectivity index (χ1v) is 14.9. The van der Waals surface area contributed by atoms with E-state index in [9.17, 15) is 0 Å². The third-order valence-electron chi connectivity index (χ3n) is 8.25. The molecule has 0 bridgehead atoms. The van der Waals surface area contributed by atoms with Gasteiger partial charge in [0.1, 0.15) is 11.3 Å². The highest BCUT2D eigenvalue weighted by atomic mass is 16.3. The Balaban J connectivity index is 1.26. The Hall–Kier alpha value is -5.86. The lowest BCUT2D eigenvalue weighted by Gasteiger charge is -2.28. The third kappa shape index (κ3) is 4.83. The van der Waals surface area contributed by atoms with Crippen LogP contribution in [0.25, 0.3) is 55.3 Å². The molecule has 1 heterocycles. The minimum Gasteiger partial charge on any atom is -0.456 e. The van der Waals surface area contributed by atoms with Crippen molar-refractivity contribution in [3.8, 4) is 33.6 Å². The van der Waals surface area contributed by atoms with Gasteiger partial charge < -0.3 is 9.32 Å². The van der Waals surface area contributed by atoms with E-state index in [1.807, 2.05) is 18.2 Å². The summed E-state index contributed by atoms with van der Waals surface area (Å²) < 4.78 is 6.27. The van der Waals surface area contributed by atoms with Crippen molar-refractivity contribution >= 4 is 38.8 Å². The van der Waals surface area contributed by atoms with E-state index in [0.29, 0.717) is 0 Å². The second-order valence-electron chi connectivity index (χ2n) is 11.0. The Morgan fingerprint density at radius 1 is 0.364 bits per heavy atom. The van der Waals surface area contributed by atoms with Crippen LogP contribution in [0.3, 0.4) is 0 Å². The Labute approximate surface area is 257 Å². The zero-order chi connectivity index (χ0) is 29.3. The maximum Gasteiger partial charge on any atom is 0.135 e. The smallest absolute Gasteiger partial charge is 0.135 e. The highest BCUT2D eigenvalue weighted by Crippen LogP contribution is 2.42. The summed E-state index contributed by atoms with van der Waals surface area (Å²) in [6.07, 6.45) is 0. The van der Waals surface area contributed by atoms with E-state index in [0.717, 1.165) is 39.4 Å². The summed E-state index contributed by atoms with van der Waals surface area (Å²) in [5.41, 5.74) is 9.92. The molecule has 0 aliphatic heterocycles. The van der Waals surface area contributed by atoms with Gasteiger partial charge in [0.05, 0.1) is 5.69 Å². The standard InChI is InChI=1S/C42H29NO/c1-2-12-32(13-3-1)39-18-7-8-19-40(39)43(38-17-10-16-35(28-38)42-29-36-15-6-9-20-41(36)44-42)37-25-23-31(24-26-37)34-22-21-30-11-4-5-14-33(30)27-34/h1-29H. The summed E-state index contributed by atoms with van der Waals surface area (Å²) in [5, 5.41) is 3.60. The minimum absolute atomic E-state index is 0.857. The van der Waals surface area contributed by atoms with Crippen LogP contribution >= 0.6 is 0 Å². The molecule has 0 saturated heterocycles. The summed E-state index contributed by atoms with van der Waals surface area (Å²) in [6.45, 7) is 0. The quantitative estimate of drug-likeness (QED) is 0.200. The van der Waals surface area contributed by atoms with E-state index in [-0.39, 0.29) is 0 Å².